The summed E-state index contributed by atoms with van der Waals surface area (Å²) in [5.74, 6) is -2.24. The topological polar surface area (TPSA) is 75.7 Å². The van der Waals surface area contributed by atoms with E-state index in [0.29, 0.717) is 11.3 Å². The Labute approximate surface area is 176 Å². The first-order valence-corrected chi connectivity index (χ1v) is 10.4. The maximum atomic E-state index is 14.2. The molecule has 0 aromatic heterocycles. The molecule has 158 valence electrons. The zero-order valence-corrected chi connectivity index (χ0v) is 17.0. The highest BCUT2D eigenvalue weighted by molar-refractivity contribution is 8.00. The van der Waals surface area contributed by atoms with E-state index >= 15 is 0 Å². The first kappa shape index (κ1) is 21.8. The molecule has 1 fully saturated rings. The highest BCUT2D eigenvalue weighted by Gasteiger charge is 2.35. The molecule has 2 amide bonds. The van der Waals surface area contributed by atoms with Crippen LogP contribution in [0.2, 0.25) is 0 Å². The zero-order chi connectivity index (χ0) is 21.7. The molecule has 1 N–H and O–H groups in total. The van der Waals surface area contributed by atoms with Crippen molar-refractivity contribution in [1.82, 2.24) is 0 Å². The summed E-state index contributed by atoms with van der Waals surface area (Å²) in [5, 5.41) is 2.17. The minimum absolute atomic E-state index is 0.000188. The third-order valence-electron chi connectivity index (χ3n) is 4.38. The molecule has 2 aromatic rings. The number of hydrogen-bond donors (Lipinski definition) is 1. The molecule has 2 aromatic carbocycles. The van der Waals surface area contributed by atoms with E-state index < -0.39 is 23.0 Å². The van der Waals surface area contributed by atoms with E-state index in [-0.39, 0.29) is 42.7 Å². The van der Waals surface area contributed by atoms with Crippen LogP contribution in [-0.2, 0) is 19.1 Å². The molecule has 1 aliphatic rings. The largest absolute Gasteiger partial charge is 0.466 e. The molecular weight excluding hydrogens is 414 g/mol. The molecule has 9 heteroatoms. The molecule has 1 heterocycles. The lowest BCUT2D eigenvalue weighted by molar-refractivity contribution is -0.144. The van der Waals surface area contributed by atoms with E-state index in [2.05, 4.69) is 5.32 Å². The smallest absolute Gasteiger partial charge is 0.306 e. The van der Waals surface area contributed by atoms with Crippen molar-refractivity contribution in [1.29, 1.82) is 0 Å². The molecule has 1 saturated heterocycles. The number of thioether (sulfide) groups is 1. The van der Waals surface area contributed by atoms with Crippen LogP contribution in [0.4, 0.5) is 20.2 Å². The van der Waals surface area contributed by atoms with Gasteiger partial charge in [-0.3, -0.25) is 19.3 Å². The summed E-state index contributed by atoms with van der Waals surface area (Å²) in [7, 11) is 0. The highest BCUT2D eigenvalue weighted by atomic mass is 32.2. The SMILES string of the molecule is CCOC(=O)CCC(=O)Nc1ccc(C2SCC(=O)N2c2cc(F)ccc2F)cc1. The van der Waals surface area contributed by atoms with Crippen LogP contribution >= 0.6 is 11.8 Å². The fourth-order valence-corrected chi connectivity index (χ4v) is 4.17. The van der Waals surface area contributed by atoms with Crippen LogP contribution in [0.15, 0.2) is 42.5 Å². The van der Waals surface area contributed by atoms with Gasteiger partial charge in [-0.05, 0) is 36.8 Å². The second-order valence-electron chi connectivity index (χ2n) is 6.50. The number of hydrogen-bond acceptors (Lipinski definition) is 5. The fraction of sp³-hybridized carbons (Fsp3) is 0.286. The van der Waals surface area contributed by atoms with E-state index in [0.717, 1.165) is 18.2 Å². The maximum Gasteiger partial charge on any atom is 0.306 e. The van der Waals surface area contributed by atoms with Gasteiger partial charge in [0.2, 0.25) is 11.8 Å². The Hall–Kier alpha value is -2.94. The van der Waals surface area contributed by atoms with Gasteiger partial charge in [-0.1, -0.05) is 12.1 Å². The minimum atomic E-state index is -0.678. The van der Waals surface area contributed by atoms with Crippen molar-refractivity contribution >= 4 is 40.9 Å². The number of esters is 1. The third kappa shape index (κ3) is 5.15. The third-order valence-corrected chi connectivity index (χ3v) is 5.59. The lowest BCUT2D eigenvalue weighted by Gasteiger charge is -2.25. The summed E-state index contributed by atoms with van der Waals surface area (Å²) in [6.07, 6.45) is -0.00701. The number of amides is 2. The van der Waals surface area contributed by atoms with Crippen LogP contribution in [0.1, 0.15) is 30.7 Å². The van der Waals surface area contributed by atoms with Gasteiger partial charge in [0, 0.05) is 18.2 Å². The summed E-state index contributed by atoms with van der Waals surface area (Å²) in [6, 6.07) is 9.73. The summed E-state index contributed by atoms with van der Waals surface area (Å²) in [6.45, 7) is 1.96. The van der Waals surface area contributed by atoms with Crippen molar-refractivity contribution < 1.29 is 27.9 Å². The van der Waals surface area contributed by atoms with Gasteiger partial charge < -0.3 is 10.1 Å². The predicted molar refractivity (Wildman–Crippen MR) is 110 cm³/mol. The lowest BCUT2D eigenvalue weighted by Crippen LogP contribution is -2.28. The number of nitrogens with one attached hydrogen (secondary N) is 1. The monoisotopic (exact) mass is 434 g/mol. The van der Waals surface area contributed by atoms with Crippen LogP contribution in [0.3, 0.4) is 0 Å². The quantitative estimate of drug-likeness (QED) is 0.666. The van der Waals surface area contributed by atoms with Crippen molar-refractivity contribution in [2.75, 3.05) is 22.6 Å². The second kappa shape index (κ2) is 9.71. The predicted octanol–water partition coefficient (Wildman–Crippen LogP) is 4.03. The fourth-order valence-electron chi connectivity index (χ4n) is 3.00. The van der Waals surface area contributed by atoms with Gasteiger partial charge in [0.05, 0.1) is 24.5 Å². The Morgan fingerprint density at radius 2 is 1.90 bits per heavy atom. The number of nitrogens with zero attached hydrogens (tertiary/aromatic N) is 1. The molecule has 1 atom stereocenters. The average Bonchev–Trinajstić information content (AvgIpc) is 3.10. The second-order valence-corrected chi connectivity index (χ2v) is 7.57. The van der Waals surface area contributed by atoms with Crippen LogP contribution in [0.25, 0.3) is 0 Å². The summed E-state index contributed by atoms with van der Waals surface area (Å²) in [4.78, 5) is 36.9. The van der Waals surface area contributed by atoms with Gasteiger partial charge in [0.1, 0.15) is 17.0 Å². The molecule has 0 aliphatic carbocycles. The number of rotatable bonds is 7. The molecule has 0 saturated carbocycles. The van der Waals surface area contributed by atoms with Crippen molar-refractivity contribution in [3.8, 4) is 0 Å². The molecule has 0 bridgehead atoms. The number of halogens is 2. The van der Waals surface area contributed by atoms with Gasteiger partial charge in [-0.15, -0.1) is 11.8 Å². The number of benzene rings is 2. The van der Waals surface area contributed by atoms with Crippen LogP contribution in [-0.4, -0.2) is 30.1 Å². The maximum absolute atomic E-state index is 14.2. The Morgan fingerprint density at radius 1 is 1.17 bits per heavy atom. The van der Waals surface area contributed by atoms with Gasteiger partial charge in [-0.2, -0.15) is 0 Å². The van der Waals surface area contributed by atoms with E-state index in [1.165, 1.54) is 16.7 Å². The Kier molecular flexibility index (Phi) is 7.04. The Balaban J connectivity index is 1.69. The van der Waals surface area contributed by atoms with Crippen LogP contribution in [0, 0.1) is 11.6 Å². The molecule has 0 spiro atoms. The first-order valence-electron chi connectivity index (χ1n) is 9.33. The number of ether oxygens (including phenoxy) is 1. The molecule has 1 aliphatic heterocycles. The molecule has 1 unspecified atom stereocenters. The number of carbonyl (C=O) groups is 3. The van der Waals surface area contributed by atoms with Crippen LogP contribution in [0.5, 0.6) is 0 Å². The van der Waals surface area contributed by atoms with E-state index in [1.807, 2.05) is 0 Å². The lowest BCUT2D eigenvalue weighted by atomic mass is 10.1. The standard InChI is InChI=1S/C21H20F2N2O4S/c1-2-29-20(28)10-9-18(26)24-15-6-3-13(4-7-15)21-25(19(27)12-30-21)17-11-14(22)5-8-16(17)23/h3-8,11,21H,2,9-10,12H2,1H3,(H,24,26). The zero-order valence-electron chi connectivity index (χ0n) is 16.2. The van der Waals surface area contributed by atoms with Gasteiger partial charge in [0.15, 0.2) is 0 Å². The molecule has 3 rings (SSSR count). The summed E-state index contributed by atoms with van der Waals surface area (Å²) in [5.41, 5.74) is 1.12. The molecule has 6 nitrogen and oxygen atoms in total. The van der Waals surface area contributed by atoms with Gasteiger partial charge in [0.25, 0.3) is 0 Å². The molecule has 30 heavy (non-hydrogen) atoms. The Morgan fingerprint density at radius 3 is 2.60 bits per heavy atom. The first-order chi connectivity index (χ1) is 14.4. The van der Waals surface area contributed by atoms with E-state index in [4.69, 9.17) is 4.74 Å². The van der Waals surface area contributed by atoms with Crippen molar-refractivity contribution in [2.45, 2.75) is 25.1 Å². The average molecular weight is 434 g/mol. The molecule has 0 radical (unpaired) electrons. The van der Waals surface area contributed by atoms with Gasteiger partial charge >= 0.3 is 5.97 Å². The molecular formula is C21H20F2N2O4S. The van der Waals surface area contributed by atoms with Crippen LogP contribution < -0.4 is 10.2 Å². The number of anilines is 2. The van der Waals surface area contributed by atoms with E-state index in [1.54, 1.807) is 31.2 Å². The van der Waals surface area contributed by atoms with Crippen molar-refractivity contribution in [2.24, 2.45) is 0 Å². The van der Waals surface area contributed by atoms with Crippen molar-refractivity contribution in [3.05, 3.63) is 59.7 Å². The summed E-state index contributed by atoms with van der Waals surface area (Å²) >= 11 is 1.31. The van der Waals surface area contributed by atoms with Gasteiger partial charge in [-0.25, -0.2) is 8.78 Å². The highest BCUT2D eigenvalue weighted by Crippen LogP contribution is 2.42. The van der Waals surface area contributed by atoms with Crippen molar-refractivity contribution in [3.63, 3.8) is 0 Å². The number of carbonyl (C=O) groups excluding carboxylic acids is 3. The minimum Gasteiger partial charge on any atom is -0.466 e. The normalized spacial score (nSPS) is 15.9. The van der Waals surface area contributed by atoms with E-state index in [9.17, 15) is 23.2 Å². The summed E-state index contributed by atoms with van der Waals surface area (Å²) < 4.78 is 32.6. The Bertz CT molecular complexity index is 953.